The van der Waals surface area contributed by atoms with Crippen LogP contribution < -0.4 is 14.8 Å². The van der Waals surface area contributed by atoms with Gasteiger partial charge in [0, 0.05) is 12.5 Å². The van der Waals surface area contributed by atoms with Crippen LogP contribution in [-0.2, 0) is 16.0 Å². The minimum absolute atomic E-state index is 0.0774. The Bertz CT molecular complexity index is 625. The Morgan fingerprint density at radius 2 is 1.85 bits per heavy atom. The fraction of sp³-hybridized carbons (Fsp3) is 0.619. The molecule has 1 aromatic carbocycles. The van der Waals surface area contributed by atoms with Gasteiger partial charge in [0.15, 0.2) is 11.5 Å². The molecular weight excluding hydrogens is 346 g/mol. The number of carboxylic acid groups (broad SMARTS) is 1. The van der Waals surface area contributed by atoms with Gasteiger partial charge in [-0.1, -0.05) is 38.2 Å². The first-order valence-electron chi connectivity index (χ1n) is 9.74. The average Bonchev–Trinajstić information content (AvgIpc) is 2.66. The van der Waals surface area contributed by atoms with Gasteiger partial charge in [-0.2, -0.15) is 0 Å². The number of carboxylic acids is 1. The molecule has 1 fully saturated rings. The smallest absolute Gasteiger partial charge is 0.303 e. The van der Waals surface area contributed by atoms with Crippen LogP contribution in [0.2, 0.25) is 0 Å². The van der Waals surface area contributed by atoms with Gasteiger partial charge >= 0.3 is 5.97 Å². The van der Waals surface area contributed by atoms with Crippen molar-refractivity contribution in [1.82, 2.24) is 5.32 Å². The lowest BCUT2D eigenvalue weighted by atomic mass is 9.84. The third-order valence-electron chi connectivity index (χ3n) is 5.23. The quantitative estimate of drug-likeness (QED) is 0.651. The van der Waals surface area contributed by atoms with Crippen molar-refractivity contribution in [2.75, 3.05) is 14.2 Å². The van der Waals surface area contributed by atoms with Crippen molar-refractivity contribution >= 4 is 11.9 Å². The Balaban J connectivity index is 1.95. The molecule has 1 atom stereocenters. The van der Waals surface area contributed by atoms with E-state index in [9.17, 15) is 9.59 Å². The number of ether oxygens (including phenoxy) is 2. The van der Waals surface area contributed by atoms with Crippen LogP contribution >= 0.6 is 0 Å². The van der Waals surface area contributed by atoms with Gasteiger partial charge in [-0.05, 0) is 36.5 Å². The van der Waals surface area contributed by atoms with Crippen LogP contribution in [0.25, 0.3) is 0 Å². The van der Waals surface area contributed by atoms with Gasteiger partial charge in [0.1, 0.15) is 0 Å². The van der Waals surface area contributed by atoms with Gasteiger partial charge < -0.3 is 19.9 Å². The van der Waals surface area contributed by atoms with Crippen LogP contribution in [0.4, 0.5) is 0 Å². The molecule has 0 bridgehead atoms. The Kier molecular flexibility index (Phi) is 8.43. The number of benzene rings is 1. The molecule has 1 saturated carbocycles. The zero-order valence-corrected chi connectivity index (χ0v) is 16.3. The van der Waals surface area contributed by atoms with Crippen molar-refractivity contribution in [3.8, 4) is 11.5 Å². The van der Waals surface area contributed by atoms with E-state index in [2.05, 4.69) is 5.32 Å². The molecule has 1 unspecified atom stereocenters. The predicted molar refractivity (Wildman–Crippen MR) is 103 cm³/mol. The lowest BCUT2D eigenvalue weighted by Gasteiger charge is -2.27. The number of hydrogen-bond acceptors (Lipinski definition) is 4. The molecule has 1 amide bonds. The highest BCUT2D eigenvalue weighted by molar-refractivity contribution is 5.79. The van der Waals surface area contributed by atoms with Crippen molar-refractivity contribution in [2.45, 2.75) is 63.8 Å². The molecule has 0 spiro atoms. The fourth-order valence-electron chi connectivity index (χ4n) is 3.83. The molecular formula is C21H31NO5. The minimum Gasteiger partial charge on any atom is -0.493 e. The molecule has 6 nitrogen and oxygen atoms in total. The highest BCUT2D eigenvalue weighted by Gasteiger charge is 2.21. The molecule has 2 rings (SSSR count). The highest BCUT2D eigenvalue weighted by Crippen LogP contribution is 2.29. The van der Waals surface area contributed by atoms with Crippen molar-refractivity contribution in [3.63, 3.8) is 0 Å². The van der Waals surface area contributed by atoms with Crippen molar-refractivity contribution in [1.29, 1.82) is 0 Å². The zero-order chi connectivity index (χ0) is 19.6. The third-order valence-corrected chi connectivity index (χ3v) is 5.23. The van der Waals surface area contributed by atoms with E-state index in [-0.39, 0.29) is 24.8 Å². The second kappa shape index (κ2) is 10.8. The molecule has 150 valence electrons. The zero-order valence-electron chi connectivity index (χ0n) is 16.3. The summed E-state index contributed by atoms with van der Waals surface area (Å²) < 4.78 is 10.5. The number of methoxy groups -OCH3 is 2. The van der Waals surface area contributed by atoms with Crippen LogP contribution in [-0.4, -0.2) is 37.2 Å². The van der Waals surface area contributed by atoms with E-state index in [0.717, 1.165) is 12.0 Å². The second-order valence-corrected chi connectivity index (χ2v) is 7.30. The first-order chi connectivity index (χ1) is 13.0. The maximum absolute atomic E-state index is 12.5. The molecule has 0 aliphatic heterocycles. The van der Waals surface area contributed by atoms with Crippen LogP contribution in [0, 0.1) is 5.92 Å². The summed E-state index contributed by atoms with van der Waals surface area (Å²) in [6.07, 6.45) is 7.75. The molecule has 1 aromatic rings. The molecule has 6 heteroatoms. The largest absolute Gasteiger partial charge is 0.493 e. The number of rotatable bonds is 10. The maximum atomic E-state index is 12.5. The average molecular weight is 377 g/mol. The highest BCUT2D eigenvalue weighted by atomic mass is 16.5. The van der Waals surface area contributed by atoms with Crippen molar-refractivity contribution in [2.24, 2.45) is 5.92 Å². The number of aliphatic carboxylic acids is 1. The van der Waals surface area contributed by atoms with Crippen LogP contribution in [0.3, 0.4) is 0 Å². The van der Waals surface area contributed by atoms with E-state index in [1.54, 1.807) is 26.4 Å². The second-order valence-electron chi connectivity index (χ2n) is 7.30. The van der Waals surface area contributed by atoms with Gasteiger partial charge in [-0.15, -0.1) is 0 Å². The van der Waals surface area contributed by atoms with Gasteiger partial charge in [-0.3, -0.25) is 9.59 Å². The van der Waals surface area contributed by atoms with Crippen molar-refractivity contribution in [3.05, 3.63) is 23.8 Å². The lowest BCUT2D eigenvalue weighted by molar-refractivity contribution is -0.137. The Morgan fingerprint density at radius 1 is 1.15 bits per heavy atom. The SMILES string of the molecule is COc1ccc(CC(=O)NC(CCC(=O)O)CC2CCCCC2)cc1OC. The normalized spacial score (nSPS) is 15.8. The van der Waals surface area contributed by atoms with Crippen LogP contribution in [0.5, 0.6) is 11.5 Å². The topological polar surface area (TPSA) is 84.9 Å². The van der Waals surface area contributed by atoms with Crippen LogP contribution in [0.15, 0.2) is 18.2 Å². The molecule has 27 heavy (non-hydrogen) atoms. The number of carbonyl (C=O) groups is 2. The number of nitrogens with one attached hydrogen (secondary N) is 1. The number of amides is 1. The van der Waals surface area contributed by atoms with Gasteiger partial charge in [0.05, 0.1) is 20.6 Å². The summed E-state index contributed by atoms with van der Waals surface area (Å²) in [7, 11) is 3.14. The summed E-state index contributed by atoms with van der Waals surface area (Å²) in [5, 5.41) is 12.1. The molecule has 2 N–H and O–H groups in total. The molecule has 0 aromatic heterocycles. The fourth-order valence-corrected chi connectivity index (χ4v) is 3.83. The Hall–Kier alpha value is -2.24. The van der Waals surface area contributed by atoms with E-state index >= 15 is 0 Å². The first kappa shape index (κ1) is 21.1. The van der Waals surface area contributed by atoms with Gasteiger partial charge in [0.2, 0.25) is 5.91 Å². The summed E-state index contributed by atoms with van der Waals surface area (Å²) in [4.78, 5) is 23.5. The van der Waals surface area contributed by atoms with Crippen molar-refractivity contribution < 1.29 is 24.2 Å². The lowest BCUT2D eigenvalue weighted by Crippen LogP contribution is -2.38. The standard InChI is InChI=1S/C21H31NO5/c1-26-18-10-8-16(13-19(18)27-2)14-20(23)22-17(9-11-21(24)25)12-15-6-4-3-5-7-15/h8,10,13,15,17H,3-7,9,11-12,14H2,1-2H3,(H,22,23)(H,24,25). The molecule has 0 radical (unpaired) electrons. The predicted octanol–water partition coefficient (Wildman–Crippen LogP) is 3.57. The van der Waals surface area contributed by atoms with Gasteiger partial charge in [-0.25, -0.2) is 0 Å². The monoisotopic (exact) mass is 377 g/mol. The van der Waals surface area contributed by atoms with E-state index < -0.39 is 5.97 Å². The number of hydrogen-bond donors (Lipinski definition) is 2. The van der Waals surface area contributed by atoms with Crippen LogP contribution in [0.1, 0.15) is 56.9 Å². The third kappa shape index (κ3) is 7.12. The first-order valence-corrected chi connectivity index (χ1v) is 9.74. The summed E-state index contributed by atoms with van der Waals surface area (Å²) in [6.45, 7) is 0. The number of carbonyl (C=O) groups excluding carboxylic acids is 1. The summed E-state index contributed by atoms with van der Waals surface area (Å²) >= 11 is 0. The Labute approximate surface area is 161 Å². The molecule has 1 aliphatic carbocycles. The van der Waals surface area contributed by atoms with E-state index in [1.807, 2.05) is 6.07 Å². The van der Waals surface area contributed by atoms with Gasteiger partial charge in [0.25, 0.3) is 0 Å². The minimum atomic E-state index is -0.821. The molecule has 0 saturated heterocycles. The summed E-state index contributed by atoms with van der Waals surface area (Å²) in [6, 6.07) is 5.34. The molecule has 0 heterocycles. The van der Waals surface area contributed by atoms with E-state index in [0.29, 0.717) is 23.8 Å². The van der Waals surface area contributed by atoms with E-state index in [1.165, 1.54) is 32.1 Å². The summed E-state index contributed by atoms with van der Waals surface area (Å²) in [5.74, 6) is 0.885. The summed E-state index contributed by atoms with van der Waals surface area (Å²) in [5.41, 5.74) is 0.833. The maximum Gasteiger partial charge on any atom is 0.303 e. The van der Waals surface area contributed by atoms with E-state index in [4.69, 9.17) is 14.6 Å². The Morgan fingerprint density at radius 3 is 2.48 bits per heavy atom. The molecule has 1 aliphatic rings.